The molecule has 0 saturated heterocycles. The van der Waals surface area contributed by atoms with E-state index in [9.17, 15) is 13.2 Å². The normalized spacial score (nSPS) is 10.6. The SMILES string of the molecule is COC(=O)c1ccc(NS(=O)(=O)c2ccc(C)cc2)c(C#Cc2ccccc2)c1. The lowest BCUT2D eigenvalue weighted by Gasteiger charge is -2.11. The minimum Gasteiger partial charge on any atom is -0.465 e. The van der Waals surface area contributed by atoms with Crippen molar-refractivity contribution in [3.8, 4) is 11.8 Å². The number of hydrogen-bond donors (Lipinski definition) is 1. The van der Waals surface area contributed by atoms with Gasteiger partial charge in [-0.1, -0.05) is 47.7 Å². The second-order valence-corrected chi connectivity index (χ2v) is 7.97. The number of carbonyl (C=O) groups is 1. The number of esters is 1. The van der Waals surface area contributed by atoms with Gasteiger partial charge >= 0.3 is 5.97 Å². The van der Waals surface area contributed by atoms with Crippen molar-refractivity contribution in [2.75, 3.05) is 11.8 Å². The maximum Gasteiger partial charge on any atom is 0.337 e. The summed E-state index contributed by atoms with van der Waals surface area (Å²) in [7, 11) is -2.52. The molecule has 0 bridgehead atoms. The average Bonchev–Trinajstić information content (AvgIpc) is 2.73. The summed E-state index contributed by atoms with van der Waals surface area (Å²) in [6, 6.07) is 20.3. The van der Waals surface area contributed by atoms with Crippen LogP contribution in [-0.4, -0.2) is 21.5 Å². The fourth-order valence-electron chi connectivity index (χ4n) is 2.56. The van der Waals surface area contributed by atoms with Crippen LogP contribution in [0.4, 0.5) is 5.69 Å². The molecule has 29 heavy (non-hydrogen) atoms. The highest BCUT2D eigenvalue weighted by Crippen LogP contribution is 2.22. The predicted molar refractivity (Wildman–Crippen MR) is 112 cm³/mol. The molecular formula is C23H19NO4S. The molecule has 0 saturated carbocycles. The van der Waals surface area contributed by atoms with E-state index in [4.69, 9.17) is 4.74 Å². The molecule has 0 aliphatic rings. The highest BCUT2D eigenvalue weighted by Gasteiger charge is 2.17. The van der Waals surface area contributed by atoms with Crippen LogP contribution >= 0.6 is 0 Å². The first kappa shape index (κ1) is 20.2. The molecule has 0 aliphatic carbocycles. The van der Waals surface area contributed by atoms with Gasteiger partial charge in [-0.25, -0.2) is 13.2 Å². The summed E-state index contributed by atoms with van der Waals surface area (Å²) in [6.07, 6.45) is 0. The maximum absolute atomic E-state index is 12.8. The summed E-state index contributed by atoms with van der Waals surface area (Å²) >= 11 is 0. The summed E-state index contributed by atoms with van der Waals surface area (Å²) in [5, 5.41) is 0. The van der Waals surface area contributed by atoms with Gasteiger partial charge in [0.25, 0.3) is 10.0 Å². The average molecular weight is 405 g/mol. The Morgan fingerprint density at radius 3 is 2.28 bits per heavy atom. The number of sulfonamides is 1. The second kappa shape index (κ2) is 8.63. The Hall–Kier alpha value is -3.56. The minimum absolute atomic E-state index is 0.141. The fraction of sp³-hybridized carbons (Fsp3) is 0.0870. The van der Waals surface area contributed by atoms with Crippen molar-refractivity contribution in [2.24, 2.45) is 0 Å². The highest BCUT2D eigenvalue weighted by atomic mass is 32.2. The summed E-state index contributed by atoms with van der Waals surface area (Å²) in [5.41, 5.74) is 2.65. The van der Waals surface area contributed by atoms with Gasteiger partial charge in [-0.2, -0.15) is 0 Å². The zero-order valence-electron chi connectivity index (χ0n) is 16.0. The quantitative estimate of drug-likeness (QED) is 0.526. The molecule has 3 aromatic rings. The predicted octanol–water partition coefficient (Wildman–Crippen LogP) is 3.98. The van der Waals surface area contributed by atoms with Crippen molar-refractivity contribution in [2.45, 2.75) is 11.8 Å². The van der Waals surface area contributed by atoms with Crippen LogP contribution in [0.1, 0.15) is 27.0 Å². The molecule has 0 aliphatic heterocycles. The van der Waals surface area contributed by atoms with Crippen LogP contribution in [0.3, 0.4) is 0 Å². The molecule has 1 N–H and O–H groups in total. The van der Waals surface area contributed by atoms with Crippen LogP contribution in [0, 0.1) is 18.8 Å². The van der Waals surface area contributed by atoms with Crippen LogP contribution < -0.4 is 4.72 Å². The Labute approximate surface area is 170 Å². The lowest BCUT2D eigenvalue weighted by atomic mass is 10.1. The highest BCUT2D eigenvalue weighted by molar-refractivity contribution is 7.92. The van der Waals surface area contributed by atoms with Crippen molar-refractivity contribution in [1.82, 2.24) is 0 Å². The largest absolute Gasteiger partial charge is 0.465 e. The smallest absolute Gasteiger partial charge is 0.337 e. The zero-order chi connectivity index (χ0) is 20.9. The Morgan fingerprint density at radius 1 is 0.931 bits per heavy atom. The topological polar surface area (TPSA) is 72.5 Å². The molecule has 0 atom stereocenters. The van der Waals surface area contributed by atoms with Gasteiger partial charge in [0.1, 0.15) is 0 Å². The van der Waals surface area contributed by atoms with Crippen LogP contribution in [0.2, 0.25) is 0 Å². The molecular weight excluding hydrogens is 386 g/mol. The van der Waals surface area contributed by atoms with Gasteiger partial charge in [0.2, 0.25) is 0 Å². The van der Waals surface area contributed by atoms with E-state index in [1.165, 1.54) is 37.4 Å². The third kappa shape index (κ3) is 5.03. The number of ether oxygens (including phenoxy) is 1. The van der Waals surface area contributed by atoms with E-state index < -0.39 is 16.0 Å². The molecule has 3 aromatic carbocycles. The molecule has 0 heterocycles. The van der Waals surface area contributed by atoms with Crippen LogP contribution in [0.25, 0.3) is 0 Å². The maximum atomic E-state index is 12.8. The molecule has 0 aromatic heterocycles. The molecule has 146 valence electrons. The van der Waals surface area contributed by atoms with Gasteiger partial charge in [-0.15, -0.1) is 0 Å². The molecule has 0 radical (unpaired) electrons. The Kier molecular flexibility index (Phi) is 6.01. The van der Waals surface area contributed by atoms with Crippen molar-refractivity contribution in [3.05, 3.63) is 95.1 Å². The zero-order valence-corrected chi connectivity index (χ0v) is 16.8. The summed E-state index contributed by atoms with van der Waals surface area (Å²) in [5.74, 6) is 5.40. The number of aryl methyl sites for hydroxylation is 1. The second-order valence-electron chi connectivity index (χ2n) is 6.29. The number of anilines is 1. The third-order valence-corrected chi connectivity index (χ3v) is 5.51. The molecule has 0 amide bonds. The van der Waals surface area contributed by atoms with E-state index >= 15 is 0 Å². The molecule has 3 rings (SSSR count). The van der Waals surface area contributed by atoms with Crippen molar-refractivity contribution in [3.63, 3.8) is 0 Å². The van der Waals surface area contributed by atoms with Gasteiger partial charge in [-0.05, 0) is 49.4 Å². The van der Waals surface area contributed by atoms with E-state index in [0.717, 1.165) is 11.1 Å². The summed E-state index contributed by atoms with van der Waals surface area (Å²) in [4.78, 5) is 12.0. The number of benzene rings is 3. The first-order valence-corrected chi connectivity index (χ1v) is 10.3. The van der Waals surface area contributed by atoms with E-state index in [1.54, 1.807) is 12.1 Å². The molecule has 0 fully saturated rings. The lowest BCUT2D eigenvalue weighted by molar-refractivity contribution is 0.0600. The number of methoxy groups -OCH3 is 1. The van der Waals surface area contributed by atoms with Gasteiger partial charge in [0.15, 0.2) is 0 Å². The van der Waals surface area contributed by atoms with Crippen LogP contribution in [0.5, 0.6) is 0 Å². The number of carbonyl (C=O) groups excluding carboxylic acids is 1. The van der Waals surface area contributed by atoms with Gasteiger partial charge in [0.05, 0.1) is 23.3 Å². The van der Waals surface area contributed by atoms with Gasteiger partial charge in [-0.3, -0.25) is 4.72 Å². The molecule has 0 spiro atoms. The van der Waals surface area contributed by atoms with Crippen molar-refractivity contribution < 1.29 is 17.9 Å². The Balaban J connectivity index is 2.02. The fourth-order valence-corrected chi connectivity index (χ4v) is 3.64. The van der Waals surface area contributed by atoms with Crippen molar-refractivity contribution >= 4 is 21.7 Å². The minimum atomic E-state index is -3.81. The lowest BCUT2D eigenvalue weighted by Crippen LogP contribution is -2.14. The standard InChI is InChI=1S/C23H19NO4S/c1-17-8-13-21(14-9-17)29(26,27)24-22-15-12-20(23(25)28-2)16-19(22)11-10-18-6-4-3-5-7-18/h3-9,12-16,24H,1-2H3. The van der Waals surface area contributed by atoms with E-state index in [1.807, 2.05) is 37.3 Å². The first-order valence-electron chi connectivity index (χ1n) is 8.78. The molecule has 6 heteroatoms. The van der Waals surface area contributed by atoms with Crippen LogP contribution in [-0.2, 0) is 14.8 Å². The molecule has 5 nitrogen and oxygen atoms in total. The van der Waals surface area contributed by atoms with Crippen molar-refractivity contribution in [1.29, 1.82) is 0 Å². The third-order valence-electron chi connectivity index (χ3n) is 4.13. The monoisotopic (exact) mass is 405 g/mol. The van der Waals surface area contributed by atoms with Crippen LogP contribution in [0.15, 0.2) is 77.7 Å². The first-order chi connectivity index (χ1) is 13.9. The van der Waals surface area contributed by atoms with Gasteiger partial charge in [0, 0.05) is 11.1 Å². The van der Waals surface area contributed by atoms with E-state index in [-0.39, 0.29) is 16.1 Å². The number of hydrogen-bond acceptors (Lipinski definition) is 4. The Bertz CT molecular complexity index is 1190. The van der Waals surface area contributed by atoms with E-state index in [0.29, 0.717) is 5.56 Å². The Morgan fingerprint density at radius 2 is 1.62 bits per heavy atom. The summed E-state index contributed by atoms with van der Waals surface area (Å²) in [6.45, 7) is 1.88. The molecule has 0 unspecified atom stereocenters. The number of rotatable bonds is 4. The van der Waals surface area contributed by atoms with Gasteiger partial charge < -0.3 is 4.74 Å². The number of nitrogens with one attached hydrogen (secondary N) is 1. The van der Waals surface area contributed by atoms with E-state index in [2.05, 4.69) is 16.6 Å². The summed E-state index contributed by atoms with van der Waals surface area (Å²) < 4.78 is 32.8.